The Bertz CT molecular complexity index is 1650. The minimum absolute atomic E-state index is 0.0995. The minimum Gasteiger partial charge on any atom is -0.494 e. The van der Waals surface area contributed by atoms with Gasteiger partial charge in [-0.1, -0.05) is 42.5 Å². The Kier molecular flexibility index (Phi) is 10.7. The van der Waals surface area contributed by atoms with Crippen LogP contribution in [0.1, 0.15) is 18.1 Å². The molecule has 4 aromatic carbocycles. The van der Waals surface area contributed by atoms with Crippen LogP contribution in [0.25, 0.3) is 0 Å². The number of likely N-dealkylation sites (N-methyl/N-ethyl adjacent to an activating group) is 1. The standard InChI is InChI=1S/C33H33F2N3O5S/c1-3-43-29-17-15-28(16-18-29)38(44(41,42)30-19-13-27(35)14-20-30)23-32(39)37(22-25-9-11-26(34)12-10-25)31(33(40)36-2)21-24-7-5-4-6-8-24/h4-20,31H,3,21-23H2,1-2H3,(H,36,40)/t31-/m1/s1. The number of sulfonamides is 1. The van der Waals surface area contributed by atoms with Crippen molar-refractivity contribution in [1.82, 2.24) is 10.2 Å². The zero-order chi connectivity index (χ0) is 31.7. The first-order chi connectivity index (χ1) is 21.1. The molecule has 0 fully saturated rings. The van der Waals surface area contributed by atoms with Crippen LogP contribution in [-0.2, 0) is 32.6 Å². The molecule has 4 rings (SSSR count). The Morgan fingerprint density at radius 2 is 1.41 bits per heavy atom. The fraction of sp³-hybridized carbons (Fsp3) is 0.212. The van der Waals surface area contributed by atoms with Crippen molar-refractivity contribution < 1.29 is 31.5 Å². The number of carbonyl (C=O) groups excluding carboxylic acids is 2. The van der Waals surface area contributed by atoms with Gasteiger partial charge in [0.2, 0.25) is 11.8 Å². The smallest absolute Gasteiger partial charge is 0.264 e. The number of hydrogen-bond donors (Lipinski definition) is 1. The van der Waals surface area contributed by atoms with Crippen molar-refractivity contribution in [1.29, 1.82) is 0 Å². The lowest BCUT2D eigenvalue weighted by molar-refractivity contribution is -0.139. The third kappa shape index (κ3) is 7.99. The van der Waals surface area contributed by atoms with Crippen LogP contribution in [0.5, 0.6) is 5.75 Å². The molecule has 0 aliphatic carbocycles. The van der Waals surface area contributed by atoms with Gasteiger partial charge in [0.05, 0.1) is 17.2 Å². The fourth-order valence-electron chi connectivity index (χ4n) is 4.64. The molecular weight excluding hydrogens is 588 g/mol. The van der Waals surface area contributed by atoms with Crippen LogP contribution in [0.4, 0.5) is 14.5 Å². The molecule has 44 heavy (non-hydrogen) atoms. The number of hydrogen-bond acceptors (Lipinski definition) is 5. The Morgan fingerprint density at radius 3 is 1.98 bits per heavy atom. The summed E-state index contributed by atoms with van der Waals surface area (Å²) in [4.78, 5) is 28.6. The summed E-state index contributed by atoms with van der Waals surface area (Å²) in [6, 6.07) is 24.0. The van der Waals surface area contributed by atoms with Gasteiger partial charge >= 0.3 is 0 Å². The number of carbonyl (C=O) groups is 2. The maximum absolute atomic E-state index is 14.2. The van der Waals surface area contributed by atoms with E-state index in [9.17, 15) is 26.8 Å². The highest BCUT2D eigenvalue weighted by Gasteiger charge is 2.34. The predicted molar refractivity (Wildman–Crippen MR) is 163 cm³/mol. The van der Waals surface area contributed by atoms with E-state index in [0.29, 0.717) is 17.9 Å². The van der Waals surface area contributed by atoms with E-state index in [0.717, 1.165) is 34.1 Å². The zero-order valence-electron chi connectivity index (χ0n) is 24.3. The topological polar surface area (TPSA) is 96.0 Å². The van der Waals surface area contributed by atoms with Gasteiger partial charge in [-0.3, -0.25) is 13.9 Å². The quantitative estimate of drug-likeness (QED) is 0.228. The Morgan fingerprint density at radius 1 is 0.818 bits per heavy atom. The summed E-state index contributed by atoms with van der Waals surface area (Å²) >= 11 is 0. The van der Waals surface area contributed by atoms with Crippen LogP contribution in [0, 0.1) is 11.6 Å². The third-order valence-electron chi connectivity index (χ3n) is 6.90. The molecule has 0 aromatic heterocycles. The van der Waals surface area contributed by atoms with Crippen LogP contribution >= 0.6 is 0 Å². The normalized spacial score (nSPS) is 11.8. The summed E-state index contributed by atoms with van der Waals surface area (Å²) in [5, 5.41) is 2.61. The van der Waals surface area contributed by atoms with E-state index in [1.165, 1.54) is 48.3 Å². The minimum atomic E-state index is -4.39. The molecule has 11 heteroatoms. The van der Waals surface area contributed by atoms with Crippen molar-refractivity contribution in [3.63, 3.8) is 0 Å². The van der Waals surface area contributed by atoms with Crippen LogP contribution in [0.3, 0.4) is 0 Å². The molecular formula is C33H33F2N3O5S. The monoisotopic (exact) mass is 621 g/mol. The maximum Gasteiger partial charge on any atom is 0.264 e. The molecule has 0 saturated carbocycles. The third-order valence-corrected chi connectivity index (χ3v) is 8.69. The van der Waals surface area contributed by atoms with E-state index in [1.54, 1.807) is 12.1 Å². The molecule has 0 radical (unpaired) electrons. The molecule has 1 N–H and O–H groups in total. The summed E-state index contributed by atoms with van der Waals surface area (Å²) in [6.45, 7) is 1.43. The lowest BCUT2D eigenvalue weighted by Gasteiger charge is -2.33. The van der Waals surface area contributed by atoms with Gasteiger partial charge in [-0.2, -0.15) is 0 Å². The number of nitrogens with zero attached hydrogens (tertiary/aromatic N) is 2. The lowest BCUT2D eigenvalue weighted by Crippen LogP contribution is -2.53. The number of nitrogens with one attached hydrogen (secondary N) is 1. The number of ether oxygens (including phenoxy) is 1. The van der Waals surface area contributed by atoms with Gasteiger partial charge in [0.1, 0.15) is 30.0 Å². The van der Waals surface area contributed by atoms with Gasteiger partial charge in [0.15, 0.2) is 0 Å². The molecule has 0 bridgehead atoms. The van der Waals surface area contributed by atoms with E-state index in [2.05, 4.69) is 5.32 Å². The average Bonchev–Trinajstić information content (AvgIpc) is 3.03. The Labute approximate surface area is 255 Å². The summed E-state index contributed by atoms with van der Waals surface area (Å²) in [7, 11) is -2.93. The first kappa shape index (κ1) is 32.2. The largest absolute Gasteiger partial charge is 0.494 e. The SMILES string of the molecule is CCOc1ccc(N(CC(=O)N(Cc2ccc(F)cc2)[C@H](Cc2ccccc2)C(=O)NC)S(=O)(=O)c2ccc(F)cc2)cc1. The molecule has 0 unspecified atom stereocenters. The number of amides is 2. The Balaban J connectivity index is 1.78. The molecule has 0 aliphatic heterocycles. The predicted octanol–water partition coefficient (Wildman–Crippen LogP) is 4.94. The van der Waals surface area contributed by atoms with E-state index in [1.807, 2.05) is 37.3 Å². The van der Waals surface area contributed by atoms with Gasteiger partial charge in [-0.15, -0.1) is 0 Å². The first-order valence-electron chi connectivity index (χ1n) is 13.9. The second-order valence-electron chi connectivity index (χ2n) is 9.86. The van der Waals surface area contributed by atoms with Gasteiger partial charge in [0.25, 0.3) is 10.0 Å². The lowest BCUT2D eigenvalue weighted by atomic mass is 10.0. The van der Waals surface area contributed by atoms with E-state index in [-0.39, 0.29) is 23.5 Å². The molecule has 0 saturated heterocycles. The molecule has 2 amide bonds. The number of halogens is 2. The summed E-state index contributed by atoms with van der Waals surface area (Å²) in [5.74, 6) is -1.72. The van der Waals surface area contributed by atoms with Gasteiger partial charge in [0, 0.05) is 20.0 Å². The highest BCUT2D eigenvalue weighted by Crippen LogP contribution is 2.27. The van der Waals surface area contributed by atoms with E-state index >= 15 is 0 Å². The second-order valence-corrected chi connectivity index (χ2v) is 11.7. The summed E-state index contributed by atoms with van der Waals surface area (Å²) < 4.78 is 61.7. The molecule has 0 spiro atoms. The molecule has 0 heterocycles. The van der Waals surface area contributed by atoms with Crippen molar-refractivity contribution in [2.45, 2.75) is 30.8 Å². The van der Waals surface area contributed by atoms with Crippen molar-refractivity contribution in [2.24, 2.45) is 0 Å². The van der Waals surface area contributed by atoms with Crippen molar-refractivity contribution >= 4 is 27.5 Å². The van der Waals surface area contributed by atoms with E-state index in [4.69, 9.17) is 4.74 Å². The number of benzene rings is 4. The van der Waals surface area contributed by atoms with Crippen molar-refractivity contribution in [3.8, 4) is 5.75 Å². The molecule has 8 nitrogen and oxygen atoms in total. The molecule has 230 valence electrons. The van der Waals surface area contributed by atoms with Gasteiger partial charge in [-0.25, -0.2) is 17.2 Å². The van der Waals surface area contributed by atoms with Crippen LogP contribution in [0.2, 0.25) is 0 Å². The van der Waals surface area contributed by atoms with Gasteiger partial charge in [-0.05, 0) is 78.7 Å². The fourth-order valence-corrected chi connectivity index (χ4v) is 6.06. The van der Waals surface area contributed by atoms with Crippen molar-refractivity contribution in [3.05, 3.63) is 126 Å². The molecule has 4 aromatic rings. The van der Waals surface area contributed by atoms with Crippen LogP contribution < -0.4 is 14.4 Å². The summed E-state index contributed by atoms with van der Waals surface area (Å²) in [5.41, 5.74) is 1.48. The van der Waals surface area contributed by atoms with Crippen molar-refractivity contribution in [2.75, 3.05) is 24.5 Å². The average molecular weight is 622 g/mol. The van der Waals surface area contributed by atoms with Crippen LogP contribution in [-0.4, -0.2) is 51.4 Å². The first-order valence-corrected chi connectivity index (χ1v) is 15.4. The second kappa shape index (κ2) is 14.6. The number of rotatable bonds is 13. The highest BCUT2D eigenvalue weighted by molar-refractivity contribution is 7.92. The van der Waals surface area contributed by atoms with Gasteiger partial charge < -0.3 is 15.0 Å². The van der Waals surface area contributed by atoms with E-state index < -0.39 is 46.1 Å². The molecule has 0 aliphatic rings. The Hall–Kier alpha value is -4.77. The zero-order valence-corrected chi connectivity index (χ0v) is 25.1. The van der Waals surface area contributed by atoms with Crippen LogP contribution in [0.15, 0.2) is 108 Å². The summed E-state index contributed by atoms with van der Waals surface area (Å²) in [6.07, 6.45) is 0.140. The highest BCUT2D eigenvalue weighted by atomic mass is 32.2. The number of anilines is 1. The maximum atomic E-state index is 14.2. The molecule has 1 atom stereocenters.